The maximum Gasteiger partial charge on any atom is 0.178 e. The number of nitrogens with one attached hydrogen (secondary N) is 1. The zero-order chi connectivity index (χ0) is 14.8. The summed E-state index contributed by atoms with van der Waals surface area (Å²) in [4.78, 5) is 6.85. The number of nitrogens with zero attached hydrogens (tertiary/aromatic N) is 6. The Morgan fingerprint density at radius 3 is 3.00 bits per heavy atom. The summed E-state index contributed by atoms with van der Waals surface area (Å²) in [5.74, 6) is 0.945. The lowest BCUT2D eigenvalue weighted by Crippen LogP contribution is -2.24. The van der Waals surface area contributed by atoms with E-state index in [9.17, 15) is 0 Å². The minimum absolute atomic E-state index is 0.213. The number of hydrogen-bond acceptors (Lipinski definition) is 5. The number of H-pyrrole nitrogens is 1. The Hall–Kier alpha value is -1.80. The molecule has 0 radical (unpaired) electrons. The van der Waals surface area contributed by atoms with Gasteiger partial charge >= 0.3 is 0 Å². The van der Waals surface area contributed by atoms with Gasteiger partial charge in [0.2, 0.25) is 0 Å². The average Bonchev–Trinajstić information content (AvgIpc) is 3.09. The predicted octanol–water partition coefficient (Wildman–Crippen LogP) is 1.85. The van der Waals surface area contributed by atoms with Gasteiger partial charge in [0.1, 0.15) is 10.3 Å². The van der Waals surface area contributed by atoms with Gasteiger partial charge in [-0.1, -0.05) is 18.2 Å². The molecule has 1 unspecified atom stereocenters. The number of imidazole rings is 1. The summed E-state index contributed by atoms with van der Waals surface area (Å²) in [7, 11) is 2.06. The lowest BCUT2D eigenvalue weighted by atomic mass is 10.1. The van der Waals surface area contributed by atoms with Crippen LogP contribution in [0.1, 0.15) is 24.4 Å². The highest BCUT2D eigenvalue weighted by Crippen LogP contribution is 2.20. The van der Waals surface area contributed by atoms with E-state index in [0.29, 0.717) is 0 Å². The Morgan fingerprint density at radius 2 is 2.29 bits per heavy atom. The molecule has 0 aliphatic rings. The fourth-order valence-electron chi connectivity index (χ4n) is 2.36. The van der Waals surface area contributed by atoms with Crippen molar-refractivity contribution in [1.82, 2.24) is 34.9 Å². The quantitative estimate of drug-likeness (QED) is 0.760. The van der Waals surface area contributed by atoms with Gasteiger partial charge in [-0.25, -0.2) is 4.98 Å². The van der Waals surface area contributed by atoms with E-state index in [0.717, 1.165) is 34.9 Å². The van der Waals surface area contributed by atoms with Crippen LogP contribution in [0.5, 0.6) is 0 Å². The lowest BCUT2D eigenvalue weighted by Gasteiger charge is -2.18. The minimum atomic E-state index is 0.213. The molecule has 0 saturated carbocycles. The topological polar surface area (TPSA) is 75.0 Å². The molecule has 0 aliphatic heterocycles. The minimum Gasteiger partial charge on any atom is -0.300 e. The molecule has 0 aromatic carbocycles. The number of tetrazole rings is 1. The second-order valence-electron chi connectivity index (χ2n) is 5.15. The molecule has 1 N–H and O–H groups in total. The third-order valence-electron chi connectivity index (χ3n) is 3.35. The first kappa shape index (κ1) is 14.2. The zero-order valence-corrected chi connectivity index (χ0v) is 13.4. The van der Waals surface area contributed by atoms with Crippen LogP contribution in [-0.4, -0.2) is 48.5 Å². The fourth-order valence-corrected chi connectivity index (χ4v) is 2.88. The van der Waals surface area contributed by atoms with E-state index in [2.05, 4.69) is 60.4 Å². The van der Waals surface area contributed by atoms with Gasteiger partial charge in [-0.3, -0.25) is 9.30 Å². The molecule has 3 rings (SSSR count). The Labute approximate surface area is 130 Å². The summed E-state index contributed by atoms with van der Waals surface area (Å²) in [6.07, 6.45) is 2.00. The number of rotatable bonds is 5. The van der Waals surface area contributed by atoms with Crippen LogP contribution in [0, 0.1) is 0 Å². The van der Waals surface area contributed by atoms with Gasteiger partial charge in [0.25, 0.3) is 0 Å². The van der Waals surface area contributed by atoms with Crippen molar-refractivity contribution in [2.24, 2.45) is 0 Å². The van der Waals surface area contributed by atoms with Crippen molar-refractivity contribution in [3.63, 3.8) is 0 Å². The molecule has 0 saturated heterocycles. The van der Waals surface area contributed by atoms with Crippen LogP contribution in [0.15, 0.2) is 29.0 Å². The summed E-state index contributed by atoms with van der Waals surface area (Å²) in [5, 5.41) is 14.1. The fraction of sp³-hybridized carbons (Fsp3) is 0.385. The molecule has 3 heterocycles. The van der Waals surface area contributed by atoms with E-state index in [-0.39, 0.29) is 5.92 Å². The van der Waals surface area contributed by atoms with Gasteiger partial charge in [0, 0.05) is 25.2 Å². The summed E-state index contributed by atoms with van der Waals surface area (Å²) >= 11 is 3.62. The van der Waals surface area contributed by atoms with Crippen LogP contribution in [0.25, 0.3) is 5.65 Å². The van der Waals surface area contributed by atoms with Crippen molar-refractivity contribution >= 4 is 21.6 Å². The van der Waals surface area contributed by atoms with Gasteiger partial charge in [0.05, 0.1) is 5.69 Å². The molecule has 3 aromatic rings. The molecule has 0 spiro atoms. The van der Waals surface area contributed by atoms with Crippen molar-refractivity contribution in [2.45, 2.75) is 19.4 Å². The zero-order valence-electron chi connectivity index (χ0n) is 11.9. The smallest absolute Gasteiger partial charge is 0.178 e. The van der Waals surface area contributed by atoms with Crippen LogP contribution in [0.3, 0.4) is 0 Å². The Bertz CT molecular complexity index is 721. The van der Waals surface area contributed by atoms with E-state index in [1.54, 1.807) is 0 Å². The summed E-state index contributed by atoms with van der Waals surface area (Å²) in [6, 6.07) is 5.97. The second kappa shape index (κ2) is 5.90. The van der Waals surface area contributed by atoms with Crippen molar-refractivity contribution in [3.05, 3.63) is 40.5 Å². The third kappa shape index (κ3) is 2.96. The van der Waals surface area contributed by atoms with Crippen LogP contribution >= 0.6 is 15.9 Å². The highest BCUT2D eigenvalue weighted by molar-refractivity contribution is 9.10. The highest BCUT2D eigenvalue weighted by Gasteiger charge is 2.16. The lowest BCUT2D eigenvalue weighted by molar-refractivity contribution is 0.302. The number of aromatic amines is 1. The number of pyridine rings is 1. The molecule has 0 bridgehead atoms. The van der Waals surface area contributed by atoms with E-state index in [1.165, 1.54) is 0 Å². The standard InChI is InChI=1S/C13H16BrN7/c1-9(13-16-18-19-17-13)7-20(2)8-10-12(14)21-6-4-3-5-11(21)15-10/h3-6,9H,7-8H2,1-2H3,(H,16,17,18,19). The molecular weight excluding hydrogens is 334 g/mol. The Kier molecular flexibility index (Phi) is 3.98. The summed E-state index contributed by atoms with van der Waals surface area (Å²) < 4.78 is 3.03. The van der Waals surface area contributed by atoms with Gasteiger partial charge in [-0.05, 0) is 35.1 Å². The Morgan fingerprint density at radius 1 is 1.43 bits per heavy atom. The normalized spacial score (nSPS) is 13.1. The average molecular weight is 350 g/mol. The summed E-state index contributed by atoms with van der Waals surface area (Å²) in [5.41, 5.74) is 1.96. The predicted molar refractivity (Wildman–Crippen MR) is 81.8 cm³/mol. The molecular formula is C13H16BrN7. The van der Waals surface area contributed by atoms with E-state index >= 15 is 0 Å². The maximum atomic E-state index is 4.65. The van der Waals surface area contributed by atoms with Crippen LogP contribution in [0.2, 0.25) is 0 Å². The molecule has 0 aliphatic carbocycles. The monoisotopic (exact) mass is 349 g/mol. The number of halogens is 1. The van der Waals surface area contributed by atoms with Crippen LogP contribution in [0.4, 0.5) is 0 Å². The van der Waals surface area contributed by atoms with Gasteiger partial charge in [0.15, 0.2) is 5.82 Å². The highest BCUT2D eigenvalue weighted by atomic mass is 79.9. The summed E-state index contributed by atoms with van der Waals surface area (Å²) in [6.45, 7) is 3.67. The van der Waals surface area contributed by atoms with Crippen molar-refractivity contribution < 1.29 is 0 Å². The van der Waals surface area contributed by atoms with Crippen molar-refractivity contribution in [1.29, 1.82) is 0 Å². The first-order valence-corrected chi connectivity index (χ1v) is 7.48. The van der Waals surface area contributed by atoms with E-state index in [1.807, 2.05) is 28.8 Å². The molecule has 7 nitrogen and oxygen atoms in total. The molecule has 0 fully saturated rings. The van der Waals surface area contributed by atoms with Gasteiger partial charge in [-0.15, -0.1) is 10.2 Å². The molecule has 110 valence electrons. The number of fused-ring (bicyclic) bond motifs is 1. The molecule has 8 heteroatoms. The number of hydrogen-bond donors (Lipinski definition) is 1. The maximum absolute atomic E-state index is 4.65. The number of likely N-dealkylation sites (N-methyl/N-ethyl adjacent to an activating group) is 1. The first-order valence-electron chi connectivity index (χ1n) is 6.68. The molecule has 21 heavy (non-hydrogen) atoms. The van der Waals surface area contributed by atoms with Crippen molar-refractivity contribution in [2.75, 3.05) is 13.6 Å². The largest absolute Gasteiger partial charge is 0.300 e. The van der Waals surface area contributed by atoms with E-state index < -0.39 is 0 Å². The molecule has 3 aromatic heterocycles. The van der Waals surface area contributed by atoms with Crippen molar-refractivity contribution in [3.8, 4) is 0 Å². The molecule has 0 amide bonds. The number of aromatic nitrogens is 6. The second-order valence-corrected chi connectivity index (χ2v) is 5.90. The van der Waals surface area contributed by atoms with Crippen LogP contribution < -0.4 is 0 Å². The van der Waals surface area contributed by atoms with Crippen LogP contribution in [-0.2, 0) is 6.54 Å². The van der Waals surface area contributed by atoms with E-state index in [4.69, 9.17) is 0 Å². The Balaban J connectivity index is 1.71. The SMILES string of the molecule is CC(CN(C)Cc1nc2ccccn2c1Br)c1nn[nH]n1. The third-order valence-corrected chi connectivity index (χ3v) is 4.18. The molecule has 1 atom stereocenters. The van der Waals surface area contributed by atoms with Gasteiger partial charge < -0.3 is 0 Å². The first-order chi connectivity index (χ1) is 10.1. The van der Waals surface area contributed by atoms with Gasteiger partial charge in [-0.2, -0.15) is 5.21 Å².